The second-order valence-corrected chi connectivity index (χ2v) is 9.29. The fraction of sp³-hybridized carbons (Fsp3) is 0.480. The molecule has 1 saturated heterocycles. The van der Waals surface area contributed by atoms with Gasteiger partial charge in [0.15, 0.2) is 5.82 Å². The van der Waals surface area contributed by atoms with Crippen molar-refractivity contribution in [3.8, 4) is 0 Å². The zero-order valence-corrected chi connectivity index (χ0v) is 20.2. The molecule has 0 bridgehead atoms. The summed E-state index contributed by atoms with van der Waals surface area (Å²) in [5.41, 5.74) is 0.301. The highest BCUT2D eigenvalue weighted by Crippen LogP contribution is 2.32. The molecular weight excluding hydrogens is 478 g/mol. The van der Waals surface area contributed by atoms with E-state index in [0.29, 0.717) is 56.2 Å². The molecule has 0 saturated carbocycles. The van der Waals surface area contributed by atoms with E-state index in [9.17, 15) is 23.1 Å². The van der Waals surface area contributed by atoms with Gasteiger partial charge in [-0.3, -0.25) is 9.69 Å². The number of aliphatic hydroxyl groups excluding tert-OH is 1. The van der Waals surface area contributed by atoms with Crippen molar-refractivity contribution in [3.63, 3.8) is 0 Å². The second-order valence-electron chi connectivity index (χ2n) is 9.29. The Balaban J connectivity index is 1.55. The van der Waals surface area contributed by atoms with E-state index in [2.05, 4.69) is 9.97 Å². The van der Waals surface area contributed by atoms with E-state index < -0.39 is 23.7 Å². The van der Waals surface area contributed by atoms with E-state index in [0.717, 1.165) is 12.1 Å². The molecule has 7 nitrogen and oxygen atoms in total. The van der Waals surface area contributed by atoms with Gasteiger partial charge in [0.2, 0.25) is 0 Å². The van der Waals surface area contributed by atoms with Crippen LogP contribution in [-0.4, -0.2) is 62.6 Å². The summed E-state index contributed by atoms with van der Waals surface area (Å²) in [6.07, 6.45) is -1.72. The molecule has 1 aromatic carbocycles. The minimum absolute atomic E-state index is 0.0418. The highest BCUT2D eigenvalue weighted by Gasteiger charge is 2.31. The van der Waals surface area contributed by atoms with Gasteiger partial charge in [0.05, 0.1) is 23.6 Å². The van der Waals surface area contributed by atoms with Crippen LogP contribution < -0.4 is 4.90 Å². The SMILES string of the molecule is CCN(Cc1ccc(C(F)(F)F)cc1)c1ncnc2c1c(F)cn2CC1CCN(CC(C)=O)CC1O. The number of β-amino-alcohol motifs (C(OH)–C–C–N with tert-alkyl or cyclic N) is 1. The lowest BCUT2D eigenvalue weighted by Crippen LogP contribution is -2.46. The van der Waals surface area contributed by atoms with Crippen molar-refractivity contribution in [2.24, 2.45) is 5.92 Å². The lowest BCUT2D eigenvalue weighted by atomic mass is 9.93. The van der Waals surface area contributed by atoms with Crippen molar-refractivity contribution in [1.82, 2.24) is 19.4 Å². The summed E-state index contributed by atoms with van der Waals surface area (Å²) in [4.78, 5) is 23.7. The Morgan fingerprint density at radius 1 is 1.22 bits per heavy atom. The smallest absolute Gasteiger partial charge is 0.391 e. The second kappa shape index (κ2) is 10.5. The maximum atomic E-state index is 15.2. The highest BCUT2D eigenvalue weighted by molar-refractivity contribution is 5.88. The molecule has 3 aromatic rings. The number of alkyl halides is 3. The third kappa shape index (κ3) is 5.67. The first kappa shape index (κ1) is 26.0. The van der Waals surface area contributed by atoms with Gasteiger partial charge in [-0.2, -0.15) is 13.2 Å². The van der Waals surface area contributed by atoms with Gasteiger partial charge in [-0.1, -0.05) is 12.1 Å². The van der Waals surface area contributed by atoms with Crippen LogP contribution >= 0.6 is 0 Å². The molecule has 1 N–H and O–H groups in total. The van der Waals surface area contributed by atoms with E-state index in [-0.39, 0.29) is 23.6 Å². The molecule has 1 aliphatic heterocycles. The van der Waals surface area contributed by atoms with Gasteiger partial charge in [-0.05, 0) is 44.5 Å². The van der Waals surface area contributed by atoms with Gasteiger partial charge < -0.3 is 14.6 Å². The molecule has 2 aromatic heterocycles. The number of nitrogens with zero attached hydrogens (tertiary/aromatic N) is 5. The molecule has 0 amide bonds. The summed E-state index contributed by atoms with van der Waals surface area (Å²) in [6, 6.07) is 4.88. The molecule has 2 atom stereocenters. The van der Waals surface area contributed by atoms with E-state index in [1.54, 1.807) is 9.47 Å². The predicted molar refractivity (Wildman–Crippen MR) is 127 cm³/mol. The van der Waals surface area contributed by atoms with Crippen molar-refractivity contribution in [2.45, 2.75) is 45.6 Å². The Morgan fingerprint density at radius 3 is 2.56 bits per heavy atom. The molecule has 1 aliphatic rings. The monoisotopic (exact) mass is 507 g/mol. The van der Waals surface area contributed by atoms with Gasteiger partial charge in [-0.25, -0.2) is 14.4 Å². The van der Waals surface area contributed by atoms with Gasteiger partial charge >= 0.3 is 6.18 Å². The summed E-state index contributed by atoms with van der Waals surface area (Å²) in [5.74, 6) is -0.235. The average molecular weight is 508 g/mol. The zero-order valence-electron chi connectivity index (χ0n) is 20.2. The van der Waals surface area contributed by atoms with E-state index in [4.69, 9.17) is 0 Å². The van der Waals surface area contributed by atoms with Crippen molar-refractivity contribution in [3.05, 3.63) is 53.7 Å². The Morgan fingerprint density at radius 2 is 1.94 bits per heavy atom. The summed E-state index contributed by atoms with van der Waals surface area (Å²) < 4.78 is 55.5. The molecule has 4 rings (SSSR count). The van der Waals surface area contributed by atoms with E-state index in [1.165, 1.54) is 31.6 Å². The fourth-order valence-corrected chi connectivity index (χ4v) is 4.77. The normalized spacial score (nSPS) is 19.1. The molecule has 0 spiro atoms. The topological polar surface area (TPSA) is 74.5 Å². The number of benzene rings is 1. The Kier molecular flexibility index (Phi) is 7.60. The molecule has 11 heteroatoms. The van der Waals surface area contributed by atoms with Crippen molar-refractivity contribution < 1.29 is 27.5 Å². The number of anilines is 1. The van der Waals surface area contributed by atoms with Crippen LogP contribution in [-0.2, 0) is 24.1 Å². The number of fused-ring (bicyclic) bond motifs is 1. The molecule has 0 aliphatic carbocycles. The summed E-state index contributed by atoms with van der Waals surface area (Å²) >= 11 is 0. The lowest BCUT2D eigenvalue weighted by Gasteiger charge is -2.35. The number of Topliss-reactive ketones (excluding diaryl/α,β-unsaturated/α-hetero) is 1. The van der Waals surface area contributed by atoms with Gasteiger partial charge in [0.1, 0.15) is 23.6 Å². The highest BCUT2D eigenvalue weighted by atomic mass is 19.4. The number of aromatic nitrogens is 3. The van der Waals surface area contributed by atoms with Gasteiger partial charge in [0, 0.05) is 38.3 Å². The van der Waals surface area contributed by atoms with Crippen LogP contribution in [0.3, 0.4) is 0 Å². The van der Waals surface area contributed by atoms with Crippen LogP contribution in [0.1, 0.15) is 31.4 Å². The number of carbonyl (C=O) groups excluding carboxylic acids is 1. The third-order valence-electron chi connectivity index (χ3n) is 6.61. The van der Waals surface area contributed by atoms with Gasteiger partial charge in [-0.15, -0.1) is 0 Å². The molecule has 0 radical (unpaired) electrons. The zero-order chi connectivity index (χ0) is 26.0. The largest absolute Gasteiger partial charge is 0.416 e. The number of ketones is 1. The lowest BCUT2D eigenvalue weighted by molar-refractivity contribution is -0.137. The van der Waals surface area contributed by atoms with Crippen LogP contribution in [0.2, 0.25) is 0 Å². The van der Waals surface area contributed by atoms with Crippen LogP contribution in [0.25, 0.3) is 11.0 Å². The summed E-state index contributed by atoms with van der Waals surface area (Å²) in [5, 5.41) is 10.9. The molecule has 1 fully saturated rings. The standard InChI is InChI=1S/C25H29F4N5O2/c1-3-33(11-17-4-6-19(7-5-17)25(27,28)29)23-22-20(26)13-34(24(22)31-15-30-23)12-18-8-9-32(10-16(2)35)14-21(18)36/h4-7,13,15,18,21,36H,3,8-12,14H2,1-2H3. The maximum absolute atomic E-state index is 15.2. The minimum atomic E-state index is -4.41. The Bertz CT molecular complexity index is 1210. The maximum Gasteiger partial charge on any atom is 0.416 e. The molecule has 2 unspecified atom stereocenters. The summed E-state index contributed by atoms with van der Waals surface area (Å²) in [6.45, 7) is 5.77. The fourth-order valence-electron chi connectivity index (χ4n) is 4.77. The molecule has 3 heterocycles. The van der Waals surface area contributed by atoms with Crippen LogP contribution in [0, 0.1) is 11.7 Å². The van der Waals surface area contributed by atoms with E-state index in [1.807, 2.05) is 11.8 Å². The number of piperidine rings is 1. The number of likely N-dealkylation sites (tertiary alicyclic amines) is 1. The minimum Gasteiger partial charge on any atom is -0.391 e. The van der Waals surface area contributed by atoms with Crippen molar-refractivity contribution in [2.75, 3.05) is 31.1 Å². The average Bonchev–Trinajstić information content (AvgIpc) is 3.14. The Hall–Kier alpha value is -3.05. The van der Waals surface area contributed by atoms with E-state index >= 15 is 4.39 Å². The van der Waals surface area contributed by atoms with Crippen LogP contribution in [0.15, 0.2) is 36.8 Å². The predicted octanol–water partition coefficient (Wildman–Crippen LogP) is 3.89. The first-order chi connectivity index (χ1) is 17.1. The first-order valence-corrected chi connectivity index (χ1v) is 11.9. The Labute approximate surface area is 206 Å². The number of rotatable bonds is 8. The molecular formula is C25H29F4N5O2. The number of carbonyl (C=O) groups is 1. The van der Waals surface area contributed by atoms with Crippen molar-refractivity contribution in [1.29, 1.82) is 0 Å². The van der Waals surface area contributed by atoms with Crippen molar-refractivity contribution >= 4 is 22.6 Å². The van der Waals surface area contributed by atoms with Crippen LogP contribution in [0.4, 0.5) is 23.4 Å². The number of hydrogen-bond donors (Lipinski definition) is 1. The quantitative estimate of drug-likeness (QED) is 0.467. The van der Waals surface area contributed by atoms with Gasteiger partial charge in [0.25, 0.3) is 0 Å². The molecule has 36 heavy (non-hydrogen) atoms. The first-order valence-electron chi connectivity index (χ1n) is 11.9. The number of halogens is 4. The number of hydrogen-bond acceptors (Lipinski definition) is 6. The molecule has 194 valence electrons. The summed E-state index contributed by atoms with van der Waals surface area (Å²) in [7, 11) is 0. The number of aliphatic hydroxyl groups is 1. The van der Waals surface area contributed by atoms with Crippen LogP contribution in [0.5, 0.6) is 0 Å². The third-order valence-corrected chi connectivity index (χ3v) is 6.61.